The molecule has 0 radical (unpaired) electrons. The van der Waals surface area contributed by atoms with Crippen molar-refractivity contribution in [3.8, 4) is 5.69 Å². The molecule has 2 aromatic rings. The van der Waals surface area contributed by atoms with Crippen LogP contribution < -0.4 is 10.6 Å². The Hall–Kier alpha value is -2.30. The maximum absolute atomic E-state index is 4.60. The number of hydrogen-bond acceptors (Lipinski definition) is 2. The molecule has 5 nitrogen and oxygen atoms in total. The average molecular weight is 299 g/mol. The van der Waals surface area contributed by atoms with Crippen molar-refractivity contribution >= 4 is 5.96 Å². The number of aromatic nitrogens is 2. The molecule has 0 aliphatic carbocycles. The number of para-hydroxylation sites is 1. The van der Waals surface area contributed by atoms with Gasteiger partial charge in [0.05, 0.1) is 18.4 Å². The monoisotopic (exact) mass is 299 g/mol. The van der Waals surface area contributed by atoms with Gasteiger partial charge in [-0.25, -0.2) is 9.67 Å². The Labute approximate surface area is 132 Å². The highest BCUT2D eigenvalue weighted by Gasteiger charge is 2.01. The van der Waals surface area contributed by atoms with Crippen molar-refractivity contribution in [3.05, 3.63) is 48.3 Å². The first-order valence-corrected chi connectivity index (χ1v) is 7.94. The van der Waals surface area contributed by atoms with Crippen LogP contribution in [0.15, 0.2) is 47.7 Å². The molecular formula is C17H25N5. The summed E-state index contributed by atoms with van der Waals surface area (Å²) in [5.41, 5.74) is 2.15. The van der Waals surface area contributed by atoms with E-state index in [1.165, 1.54) is 6.42 Å². The molecule has 2 N–H and O–H groups in total. The number of rotatable bonds is 7. The SMILES string of the molecule is CCCCNC(=NCc1cnn(-c2ccccc2)c1)NCC. The van der Waals surface area contributed by atoms with Crippen LogP contribution in [0.5, 0.6) is 0 Å². The molecule has 0 saturated heterocycles. The van der Waals surface area contributed by atoms with Gasteiger partial charge < -0.3 is 10.6 Å². The summed E-state index contributed by atoms with van der Waals surface area (Å²) >= 11 is 0. The Kier molecular flexibility index (Phi) is 6.48. The van der Waals surface area contributed by atoms with Gasteiger partial charge in [0.15, 0.2) is 5.96 Å². The fourth-order valence-corrected chi connectivity index (χ4v) is 2.06. The number of guanidine groups is 1. The molecular weight excluding hydrogens is 274 g/mol. The van der Waals surface area contributed by atoms with Crippen LogP contribution in [0.1, 0.15) is 32.3 Å². The van der Waals surface area contributed by atoms with Crippen LogP contribution in [-0.4, -0.2) is 28.8 Å². The Morgan fingerprint density at radius 3 is 2.73 bits per heavy atom. The van der Waals surface area contributed by atoms with Crippen LogP contribution in [0.4, 0.5) is 0 Å². The van der Waals surface area contributed by atoms with E-state index in [9.17, 15) is 0 Å². The van der Waals surface area contributed by atoms with Gasteiger partial charge in [-0.2, -0.15) is 5.10 Å². The smallest absolute Gasteiger partial charge is 0.191 e. The minimum absolute atomic E-state index is 0.619. The Balaban J connectivity index is 1.97. The quantitative estimate of drug-likeness (QED) is 0.469. The summed E-state index contributed by atoms with van der Waals surface area (Å²) in [4.78, 5) is 4.60. The molecule has 0 aliphatic heterocycles. The Morgan fingerprint density at radius 2 is 2.00 bits per heavy atom. The third-order valence-corrected chi connectivity index (χ3v) is 3.24. The zero-order valence-corrected chi connectivity index (χ0v) is 13.4. The summed E-state index contributed by atoms with van der Waals surface area (Å²) in [6, 6.07) is 10.1. The van der Waals surface area contributed by atoms with Gasteiger partial charge in [0.25, 0.3) is 0 Å². The Morgan fingerprint density at radius 1 is 1.18 bits per heavy atom. The van der Waals surface area contributed by atoms with Gasteiger partial charge in [-0.3, -0.25) is 0 Å². The lowest BCUT2D eigenvalue weighted by Gasteiger charge is -2.10. The lowest BCUT2D eigenvalue weighted by atomic mass is 10.3. The van der Waals surface area contributed by atoms with Crippen molar-refractivity contribution < 1.29 is 0 Å². The minimum Gasteiger partial charge on any atom is -0.357 e. The summed E-state index contributed by atoms with van der Waals surface area (Å²) in [6.07, 6.45) is 6.22. The molecule has 118 valence electrons. The van der Waals surface area contributed by atoms with Crippen molar-refractivity contribution in [2.45, 2.75) is 33.2 Å². The van der Waals surface area contributed by atoms with Gasteiger partial charge in [0.2, 0.25) is 0 Å². The lowest BCUT2D eigenvalue weighted by molar-refractivity contribution is 0.730. The summed E-state index contributed by atoms with van der Waals surface area (Å²) in [5, 5.41) is 11.0. The zero-order chi connectivity index (χ0) is 15.6. The van der Waals surface area contributed by atoms with Crippen LogP contribution in [0.25, 0.3) is 5.69 Å². The molecule has 1 aromatic carbocycles. The van der Waals surface area contributed by atoms with Gasteiger partial charge in [-0.15, -0.1) is 0 Å². The van der Waals surface area contributed by atoms with Crippen molar-refractivity contribution in [3.63, 3.8) is 0 Å². The molecule has 2 rings (SSSR count). The van der Waals surface area contributed by atoms with Crippen molar-refractivity contribution in [1.82, 2.24) is 20.4 Å². The van der Waals surface area contributed by atoms with Crippen molar-refractivity contribution in [2.75, 3.05) is 13.1 Å². The van der Waals surface area contributed by atoms with E-state index in [0.717, 1.165) is 36.7 Å². The largest absolute Gasteiger partial charge is 0.357 e. The summed E-state index contributed by atoms with van der Waals surface area (Å²) in [6.45, 7) is 6.69. The maximum atomic E-state index is 4.60. The van der Waals surface area contributed by atoms with E-state index in [2.05, 4.69) is 34.6 Å². The second-order valence-electron chi connectivity index (χ2n) is 5.10. The first-order chi connectivity index (χ1) is 10.8. The highest BCUT2D eigenvalue weighted by molar-refractivity contribution is 5.79. The van der Waals surface area contributed by atoms with E-state index in [0.29, 0.717) is 6.54 Å². The fraction of sp³-hybridized carbons (Fsp3) is 0.412. The Bertz CT molecular complexity index is 574. The maximum Gasteiger partial charge on any atom is 0.191 e. The first-order valence-electron chi connectivity index (χ1n) is 7.94. The molecule has 1 aromatic heterocycles. The van der Waals surface area contributed by atoms with Crippen molar-refractivity contribution in [1.29, 1.82) is 0 Å². The third kappa shape index (κ3) is 4.91. The number of benzene rings is 1. The van der Waals surface area contributed by atoms with Crippen LogP contribution in [0.2, 0.25) is 0 Å². The normalized spacial score (nSPS) is 11.5. The molecule has 0 amide bonds. The fourth-order valence-electron chi connectivity index (χ4n) is 2.06. The van der Waals surface area contributed by atoms with E-state index in [1.54, 1.807) is 0 Å². The predicted molar refractivity (Wildman–Crippen MR) is 91.3 cm³/mol. The van der Waals surface area contributed by atoms with Crippen LogP contribution >= 0.6 is 0 Å². The molecule has 5 heteroatoms. The molecule has 0 bridgehead atoms. The van der Waals surface area contributed by atoms with Crippen LogP contribution in [0, 0.1) is 0 Å². The molecule has 0 saturated carbocycles. The summed E-state index contributed by atoms with van der Waals surface area (Å²) in [5.74, 6) is 0.864. The number of hydrogen-bond donors (Lipinski definition) is 2. The van der Waals surface area contributed by atoms with Crippen LogP contribution in [0.3, 0.4) is 0 Å². The number of unbranched alkanes of at least 4 members (excludes halogenated alkanes) is 1. The van der Waals surface area contributed by atoms with E-state index in [4.69, 9.17) is 0 Å². The van der Waals surface area contributed by atoms with E-state index in [-0.39, 0.29) is 0 Å². The topological polar surface area (TPSA) is 54.2 Å². The molecule has 0 spiro atoms. The molecule has 0 unspecified atom stereocenters. The second-order valence-corrected chi connectivity index (χ2v) is 5.10. The highest BCUT2D eigenvalue weighted by Crippen LogP contribution is 2.08. The van der Waals surface area contributed by atoms with Crippen LogP contribution in [-0.2, 0) is 6.54 Å². The van der Waals surface area contributed by atoms with E-state index >= 15 is 0 Å². The molecule has 0 atom stereocenters. The zero-order valence-electron chi connectivity index (χ0n) is 13.4. The van der Waals surface area contributed by atoms with Crippen molar-refractivity contribution in [2.24, 2.45) is 4.99 Å². The number of nitrogens with one attached hydrogen (secondary N) is 2. The van der Waals surface area contributed by atoms with Gasteiger partial charge in [-0.05, 0) is 25.5 Å². The van der Waals surface area contributed by atoms with Gasteiger partial charge in [-0.1, -0.05) is 31.5 Å². The van der Waals surface area contributed by atoms with E-state index < -0.39 is 0 Å². The second kappa shape index (κ2) is 8.87. The lowest BCUT2D eigenvalue weighted by Crippen LogP contribution is -2.37. The van der Waals surface area contributed by atoms with E-state index in [1.807, 2.05) is 47.4 Å². The standard InChI is InChI=1S/C17H25N5/c1-3-5-11-19-17(18-4-2)20-12-15-13-21-22(14-15)16-9-7-6-8-10-16/h6-10,13-14H,3-5,11-12H2,1-2H3,(H2,18,19,20). The molecule has 22 heavy (non-hydrogen) atoms. The summed E-state index contributed by atoms with van der Waals surface area (Å²) < 4.78 is 1.88. The van der Waals surface area contributed by atoms with Gasteiger partial charge in [0, 0.05) is 24.8 Å². The highest BCUT2D eigenvalue weighted by atomic mass is 15.3. The summed E-state index contributed by atoms with van der Waals surface area (Å²) in [7, 11) is 0. The van der Waals surface area contributed by atoms with Gasteiger partial charge >= 0.3 is 0 Å². The predicted octanol–water partition coefficient (Wildman–Crippen LogP) is 2.73. The third-order valence-electron chi connectivity index (χ3n) is 3.24. The average Bonchev–Trinajstić information content (AvgIpc) is 3.03. The minimum atomic E-state index is 0.619. The van der Waals surface area contributed by atoms with Gasteiger partial charge in [0.1, 0.15) is 0 Å². The molecule has 0 aliphatic rings. The molecule has 0 fully saturated rings. The molecule has 1 heterocycles. The number of aliphatic imine (C=N–C) groups is 1. The first kappa shape index (κ1) is 16.1. The number of nitrogens with zero attached hydrogens (tertiary/aromatic N) is 3.